The first kappa shape index (κ1) is 13.4. The number of aromatic nitrogens is 4. The first-order valence-corrected chi connectivity index (χ1v) is 6.88. The van der Waals surface area contributed by atoms with Gasteiger partial charge in [0, 0.05) is 18.2 Å². The molecule has 0 aliphatic carbocycles. The number of aromatic amines is 1. The van der Waals surface area contributed by atoms with Crippen molar-refractivity contribution < 1.29 is 4.79 Å². The maximum atomic E-state index is 12.4. The molecule has 0 aliphatic heterocycles. The molecular weight excluding hydrogens is 266 g/mol. The molecule has 0 radical (unpaired) electrons. The van der Waals surface area contributed by atoms with Crippen molar-refractivity contribution in [2.45, 2.75) is 26.3 Å². The summed E-state index contributed by atoms with van der Waals surface area (Å²) in [7, 11) is 0. The minimum Gasteiger partial charge on any atom is -0.348 e. The number of aryl methyl sites for hydroxylation is 1. The van der Waals surface area contributed by atoms with Gasteiger partial charge in [-0.3, -0.25) is 9.89 Å². The van der Waals surface area contributed by atoms with Gasteiger partial charge in [0.25, 0.3) is 5.91 Å². The van der Waals surface area contributed by atoms with Crippen LogP contribution in [0.2, 0.25) is 0 Å². The Hall–Kier alpha value is -2.63. The Morgan fingerprint density at radius 2 is 2.29 bits per heavy atom. The second kappa shape index (κ2) is 5.40. The van der Waals surface area contributed by atoms with E-state index in [1.807, 2.05) is 38.1 Å². The highest BCUT2D eigenvalue weighted by atomic mass is 16.2. The molecule has 3 heterocycles. The van der Waals surface area contributed by atoms with Crippen LogP contribution in [-0.4, -0.2) is 31.8 Å². The quantitative estimate of drug-likeness (QED) is 0.765. The van der Waals surface area contributed by atoms with Gasteiger partial charge in [-0.05, 0) is 38.1 Å². The van der Waals surface area contributed by atoms with E-state index in [1.54, 1.807) is 16.8 Å². The van der Waals surface area contributed by atoms with Crippen molar-refractivity contribution in [3.63, 3.8) is 0 Å². The average molecular weight is 283 g/mol. The van der Waals surface area contributed by atoms with Gasteiger partial charge in [-0.2, -0.15) is 10.2 Å². The van der Waals surface area contributed by atoms with Crippen LogP contribution in [0, 0.1) is 6.92 Å². The smallest absolute Gasteiger partial charge is 0.270 e. The number of hydrogen-bond donors (Lipinski definition) is 2. The van der Waals surface area contributed by atoms with E-state index in [2.05, 4.69) is 20.6 Å². The van der Waals surface area contributed by atoms with Crippen molar-refractivity contribution in [3.8, 4) is 0 Å². The number of amides is 1. The van der Waals surface area contributed by atoms with Gasteiger partial charge < -0.3 is 5.32 Å². The average Bonchev–Trinajstić information content (AvgIpc) is 3.06. The summed E-state index contributed by atoms with van der Waals surface area (Å²) in [5.41, 5.74) is 3.39. The van der Waals surface area contributed by atoms with Crippen molar-refractivity contribution >= 4 is 11.4 Å². The van der Waals surface area contributed by atoms with E-state index < -0.39 is 0 Å². The predicted molar refractivity (Wildman–Crippen MR) is 79.1 cm³/mol. The Bertz CT molecular complexity index is 773. The van der Waals surface area contributed by atoms with Crippen LogP contribution in [0.4, 0.5) is 0 Å². The number of pyridine rings is 1. The molecule has 108 valence electrons. The van der Waals surface area contributed by atoms with Gasteiger partial charge in [0.05, 0.1) is 17.4 Å². The predicted octanol–water partition coefficient (Wildman–Crippen LogP) is 1.73. The maximum Gasteiger partial charge on any atom is 0.270 e. The summed E-state index contributed by atoms with van der Waals surface area (Å²) in [4.78, 5) is 12.4. The zero-order valence-electron chi connectivity index (χ0n) is 12.0. The molecule has 21 heavy (non-hydrogen) atoms. The lowest BCUT2D eigenvalue weighted by Gasteiger charge is -2.13. The molecular formula is C15H17N5O. The van der Waals surface area contributed by atoms with Crippen LogP contribution in [0.1, 0.15) is 28.8 Å². The zero-order valence-corrected chi connectivity index (χ0v) is 12.0. The second-order valence-corrected chi connectivity index (χ2v) is 5.20. The Morgan fingerprint density at radius 3 is 3.05 bits per heavy atom. The molecule has 1 amide bonds. The van der Waals surface area contributed by atoms with E-state index in [0.717, 1.165) is 16.9 Å². The number of nitrogens with one attached hydrogen (secondary N) is 2. The van der Waals surface area contributed by atoms with Crippen LogP contribution < -0.4 is 5.32 Å². The van der Waals surface area contributed by atoms with Gasteiger partial charge in [-0.15, -0.1) is 0 Å². The summed E-state index contributed by atoms with van der Waals surface area (Å²) in [6, 6.07) is 9.38. The van der Waals surface area contributed by atoms with Gasteiger partial charge in [0.2, 0.25) is 0 Å². The molecule has 3 aromatic rings. The number of nitrogens with zero attached hydrogens (tertiary/aromatic N) is 3. The molecule has 0 saturated carbocycles. The largest absolute Gasteiger partial charge is 0.348 e. The van der Waals surface area contributed by atoms with Gasteiger partial charge in [-0.25, -0.2) is 4.52 Å². The Labute approximate surface area is 122 Å². The van der Waals surface area contributed by atoms with Crippen molar-refractivity contribution in [3.05, 3.63) is 53.6 Å². The van der Waals surface area contributed by atoms with Crippen LogP contribution >= 0.6 is 0 Å². The summed E-state index contributed by atoms with van der Waals surface area (Å²) in [6.07, 6.45) is 2.37. The molecule has 0 aromatic carbocycles. The summed E-state index contributed by atoms with van der Waals surface area (Å²) in [6.45, 7) is 3.92. The highest BCUT2D eigenvalue weighted by molar-refractivity contribution is 5.93. The number of hydrogen-bond acceptors (Lipinski definition) is 3. The van der Waals surface area contributed by atoms with E-state index in [4.69, 9.17) is 0 Å². The van der Waals surface area contributed by atoms with Crippen molar-refractivity contribution in [2.24, 2.45) is 0 Å². The number of carbonyl (C=O) groups excluding carboxylic acids is 1. The molecule has 3 rings (SSSR count). The van der Waals surface area contributed by atoms with Crippen LogP contribution in [0.3, 0.4) is 0 Å². The molecule has 0 aliphatic rings. The molecule has 6 heteroatoms. The fourth-order valence-electron chi connectivity index (χ4n) is 2.36. The summed E-state index contributed by atoms with van der Waals surface area (Å²) >= 11 is 0. The minimum absolute atomic E-state index is 0.00832. The van der Waals surface area contributed by atoms with Crippen LogP contribution in [0.15, 0.2) is 36.5 Å². The number of H-pyrrole nitrogens is 1. The summed E-state index contributed by atoms with van der Waals surface area (Å²) in [5, 5.41) is 14.2. The third-order valence-electron chi connectivity index (χ3n) is 3.31. The number of rotatable bonds is 4. The van der Waals surface area contributed by atoms with Crippen LogP contribution in [0.5, 0.6) is 0 Å². The molecule has 6 nitrogen and oxygen atoms in total. The third kappa shape index (κ3) is 2.79. The van der Waals surface area contributed by atoms with E-state index in [1.165, 1.54) is 0 Å². The lowest BCUT2D eigenvalue weighted by molar-refractivity contribution is 0.0932. The van der Waals surface area contributed by atoms with E-state index in [-0.39, 0.29) is 11.9 Å². The standard InChI is InChI=1S/C15H17N5O/c1-10(8-12-9-11(2)18-19-12)17-15(21)14-5-3-4-13-6-7-16-20(13)14/h3-7,9-10H,8H2,1-2H3,(H,17,21)(H,18,19)/t10-/m0/s1. The first-order chi connectivity index (χ1) is 10.1. The van der Waals surface area contributed by atoms with Gasteiger partial charge >= 0.3 is 0 Å². The van der Waals surface area contributed by atoms with Crippen LogP contribution in [-0.2, 0) is 6.42 Å². The van der Waals surface area contributed by atoms with E-state index >= 15 is 0 Å². The van der Waals surface area contributed by atoms with E-state index in [9.17, 15) is 4.79 Å². The lowest BCUT2D eigenvalue weighted by Crippen LogP contribution is -2.35. The van der Waals surface area contributed by atoms with Gasteiger partial charge in [0.15, 0.2) is 0 Å². The zero-order chi connectivity index (χ0) is 14.8. The monoisotopic (exact) mass is 283 g/mol. The molecule has 0 fully saturated rings. The number of carbonyl (C=O) groups is 1. The highest BCUT2D eigenvalue weighted by Crippen LogP contribution is 2.07. The normalized spacial score (nSPS) is 12.5. The Kier molecular flexibility index (Phi) is 3.43. The molecule has 0 bridgehead atoms. The Balaban J connectivity index is 1.72. The molecule has 2 N–H and O–H groups in total. The van der Waals surface area contributed by atoms with Gasteiger partial charge in [0.1, 0.15) is 5.69 Å². The highest BCUT2D eigenvalue weighted by Gasteiger charge is 2.14. The van der Waals surface area contributed by atoms with E-state index in [0.29, 0.717) is 12.1 Å². The Morgan fingerprint density at radius 1 is 1.43 bits per heavy atom. The fourth-order valence-corrected chi connectivity index (χ4v) is 2.36. The summed E-state index contributed by atoms with van der Waals surface area (Å²) in [5.74, 6) is -0.135. The SMILES string of the molecule is Cc1cc(C[C@H](C)NC(=O)c2cccc3ccnn23)n[nH]1. The van der Waals surface area contributed by atoms with Gasteiger partial charge in [-0.1, -0.05) is 6.07 Å². The number of fused-ring (bicyclic) bond motifs is 1. The topological polar surface area (TPSA) is 75.1 Å². The second-order valence-electron chi connectivity index (χ2n) is 5.20. The molecule has 0 unspecified atom stereocenters. The van der Waals surface area contributed by atoms with Crippen molar-refractivity contribution in [1.29, 1.82) is 0 Å². The molecule has 1 atom stereocenters. The van der Waals surface area contributed by atoms with Crippen LogP contribution in [0.25, 0.3) is 5.52 Å². The lowest BCUT2D eigenvalue weighted by atomic mass is 10.1. The maximum absolute atomic E-state index is 12.4. The minimum atomic E-state index is -0.135. The molecule has 0 saturated heterocycles. The molecule has 0 spiro atoms. The first-order valence-electron chi connectivity index (χ1n) is 6.88. The van der Waals surface area contributed by atoms with Crippen molar-refractivity contribution in [2.75, 3.05) is 0 Å². The van der Waals surface area contributed by atoms with Crippen molar-refractivity contribution in [1.82, 2.24) is 25.1 Å². The summed E-state index contributed by atoms with van der Waals surface area (Å²) < 4.78 is 1.64. The molecule has 3 aromatic heterocycles. The fraction of sp³-hybridized carbons (Fsp3) is 0.267. The third-order valence-corrected chi connectivity index (χ3v) is 3.31.